The standard InChI is InChI=1S/C33H40N4O15S3/c1-6-23(40)47-16-32(17-48-24(41)7-2,18-49-25(42)8-3)14-46-15-33(19-50-26(43)9-4,20-51-27(44)10-5)21-52-31(45)34-11-12-54-29-35-28(53)36-30(37-29)55-13-22(38)39/h6-10H,1-5,11-21H2,(H,34,45)(H,38,39)(H,35,36,37,53). The molecule has 0 aliphatic rings. The number of carboxylic acid groups (broad SMARTS) is 1. The lowest BCUT2D eigenvalue weighted by Crippen LogP contribution is -2.47. The second kappa shape index (κ2) is 25.7. The third-order valence-electron chi connectivity index (χ3n) is 6.31. The number of carbonyl (C=O) groups excluding carboxylic acids is 6. The number of aromatic amines is 1. The maximum absolute atomic E-state index is 12.8. The highest BCUT2D eigenvalue weighted by Crippen LogP contribution is 2.26. The van der Waals surface area contributed by atoms with E-state index in [4.69, 9.17) is 50.5 Å². The minimum Gasteiger partial charge on any atom is -0.481 e. The molecule has 0 atom stereocenters. The molecule has 1 heterocycles. The monoisotopic (exact) mass is 828 g/mol. The first-order chi connectivity index (χ1) is 26.1. The summed E-state index contributed by atoms with van der Waals surface area (Å²) in [5.74, 6) is -5.45. The molecule has 0 saturated carbocycles. The van der Waals surface area contributed by atoms with Gasteiger partial charge in [-0.1, -0.05) is 56.4 Å². The summed E-state index contributed by atoms with van der Waals surface area (Å²) in [4.78, 5) is 94.8. The van der Waals surface area contributed by atoms with Crippen LogP contribution in [0, 0.1) is 15.6 Å². The van der Waals surface area contributed by atoms with Gasteiger partial charge in [-0.25, -0.2) is 28.8 Å². The number of carbonyl (C=O) groups is 7. The molecule has 0 unspecified atom stereocenters. The van der Waals surface area contributed by atoms with Gasteiger partial charge in [0, 0.05) is 42.7 Å². The van der Waals surface area contributed by atoms with Crippen molar-refractivity contribution in [3.8, 4) is 0 Å². The predicted octanol–water partition coefficient (Wildman–Crippen LogP) is 2.16. The molecule has 3 N–H and O–H groups in total. The number of alkyl carbamates (subject to hydrolysis) is 1. The van der Waals surface area contributed by atoms with E-state index >= 15 is 0 Å². The number of aromatic nitrogens is 3. The van der Waals surface area contributed by atoms with E-state index in [1.807, 2.05) is 0 Å². The van der Waals surface area contributed by atoms with Gasteiger partial charge in [-0.3, -0.25) is 4.79 Å². The second-order valence-electron chi connectivity index (χ2n) is 10.8. The number of hydrogen-bond acceptors (Lipinski definition) is 19. The van der Waals surface area contributed by atoms with Crippen LogP contribution in [0.15, 0.2) is 73.6 Å². The summed E-state index contributed by atoms with van der Waals surface area (Å²) >= 11 is 7.08. The Kier molecular flexibility index (Phi) is 22.2. The van der Waals surface area contributed by atoms with Crippen molar-refractivity contribution in [2.45, 2.75) is 10.3 Å². The summed E-state index contributed by atoms with van der Waals surface area (Å²) in [5.41, 5.74) is -3.17. The molecule has 0 radical (unpaired) electrons. The fourth-order valence-corrected chi connectivity index (χ4v) is 5.22. The van der Waals surface area contributed by atoms with Gasteiger partial charge in [0.15, 0.2) is 10.3 Å². The van der Waals surface area contributed by atoms with Crippen LogP contribution in [0.5, 0.6) is 0 Å². The summed E-state index contributed by atoms with van der Waals surface area (Å²) in [5, 5.41) is 11.9. The van der Waals surface area contributed by atoms with E-state index in [-0.39, 0.29) is 28.0 Å². The Bertz CT molecular complexity index is 1570. The lowest BCUT2D eigenvalue weighted by atomic mass is 9.90. The minimum absolute atomic E-state index is 0.0327. The maximum atomic E-state index is 12.8. The van der Waals surface area contributed by atoms with Crippen LogP contribution in [0.25, 0.3) is 0 Å². The van der Waals surface area contributed by atoms with E-state index < -0.39 is 106 Å². The van der Waals surface area contributed by atoms with Crippen LogP contribution in [-0.4, -0.2) is 133 Å². The molecule has 0 aliphatic heterocycles. The van der Waals surface area contributed by atoms with Crippen molar-refractivity contribution in [2.75, 3.05) is 70.9 Å². The van der Waals surface area contributed by atoms with Crippen LogP contribution in [0.2, 0.25) is 0 Å². The first kappa shape index (κ1) is 47.7. The fraction of sp³-hybridized carbons (Fsp3) is 0.394. The molecule has 1 aromatic rings. The highest BCUT2D eigenvalue weighted by Gasteiger charge is 2.40. The van der Waals surface area contributed by atoms with Gasteiger partial charge >= 0.3 is 41.9 Å². The van der Waals surface area contributed by atoms with Crippen molar-refractivity contribution in [3.63, 3.8) is 0 Å². The van der Waals surface area contributed by atoms with Gasteiger partial charge in [-0.05, 0) is 12.2 Å². The molecule has 300 valence electrons. The Morgan fingerprint density at radius 3 is 1.44 bits per heavy atom. The molecular formula is C33H40N4O15S3. The summed E-state index contributed by atoms with van der Waals surface area (Å²) < 4.78 is 37.5. The highest BCUT2D eigenvalue weighted by atomic mass is 32.2. The zero-order valence-corrected chi connectivity index (χ0v) is 31.9. The number of hydrogen-bond donors (Lipinski definition) is 3. The molecule has 19 nitrogen and oxygen atoms in total. The quantitative estimate of drug-likeness (QED) is 0.0273. The van der Waals surface area contributed by atoms with Crippen LogP contribution in [0.4, 0.5) is 4.79 Å². The predicted molar refractivity (Wildman–Crippen MR) is 197 cm³/mol. The van der Waals surface area contributed by atoms with Gasteiger partial charge in [0.05, 0.1) is 29.8 Å². The largest absolute Gasteiger partial charge is 0.481 e. The molecule has 0 fully saturated rings. The molecule has 0 aliphatic carbocycles. The summed E-state index contributed by atoms with van der Waals surface area (Å²) in [6.07, 6.45) is 3.40. The third kappa shape index (κ3) is 20.1. The Labute approximate surface area is 328 Å². The summed E-state index contributed by atoms with van der Waals surface area (Å²) in [6, 6.07) is 0. The molecular weight excluding hydrogens is 789 g/mol. The average Bonchev–Trinajstić information content (AvgIpc) is 3.18. The van der Waals surface area contributed by atoms with E-state index in [1.54, 1.807) is 0 Å². The first-order valence-corrected chi connectivity index (χ1v) is 17.9. The lowest BCUT2D eigenvalue weighted by molar-refractivity contribution is -0.167. The number of aliphatic carboxylic acids is 1. The zero-order valence-electron chi connectivity index (χ0n) is 29.5. The van der Waals surface area contributed by atoms with Crippen LogP contribution in [-0.2, 0) is 61.9 Å². The number of amides is 1. The van der Waals surface area contributed by atoms with E-state index in [1.165, 1.54) is 0 Å². The number of esters is 5. The van der Waals surface area contributed by atoms with Crippen molar-refractivity contribution < 1.29 is 71.8 Å². The average molecular weight is 829 g/mol. The van der Waals surface area contributed by atoms with E-state index in [0.717, 1.165) is 53.9 Å². The van der Waals surface area contributed by atoms with Crippen LogP contribution in [0.1, 0.15) is 0 Å². The molecule has 0 aromatic carbocycles. The fourth-order valence-electron chi connectivity index (χ4n) is 3.58. The second-order valence-corrected chi connectivity index (χ2v) is 13.2. The Morgan fingerprint density at radius 2 is 1.05 bits per heavy atom. The lowest BCUT2D eigenvalue weighted by Gasteiger charge is -2.35. The smallest absolute Gasteiger partial charge is 0.407 e. The zero-order chi connectivity index (χ0) is 41.3. The number of H-pyrrole nitrogens is 1. The molecule has 0 bridgehead atoms. The normalized spacial score (nSPS) is 10.8. The minimum atomic E-state index is -1.61. The van der Waals surface area contributed by atoms with E-state index in [0.29, 0.717) is 5.16 Å². The van der Waals surface area contributed by atoms with Crippen molar-refractivity contribution >= 4 is 77.7 Å². The molecule has 55 heavy (non-hydrogen) atoms. The molecule has 0 spiro atoms. The van der Waals surface area contributed by atoms with E-state index in [9.17, 15) is 33.6 Å². The number of nitrogens with zero attached hydrogens (tertiary/aromatic N) is 2. The number of rotatable bonds is 28. The molecule has 1 amide bonds. The van der Waals surface area contributed by atoms with Gasteiger partial charge in [0.1, 0.15) is 39.6 Å². The van der Waals surface area contributed by atoms with Gasteiger partial charge in [0.2, 0.25) is 4.77 Å². The SMILES string of the molecule is C=CC(=O)OCC(COCC(COC(=O)C=C)(COC(=O)C=C)COC(=O)NCCSc1nc(SCC(=O)O)nc(=S)[nH]1)(COC(=O)C=C)COC(=O)C=C. The summed E-state index contributed by atoms with van der Waals surface area (Å²) in [6.45, 7) is 12.4. The maximum Gasteiger partial charge on any atom is 0.407 e. The van der Waals surface area contributed by atoms with Crippen LogP contribution >= 0.6 is 35.7 Å². The molecule has 1 rings (SSSR count). The number of carboxylic acids is 1. The van der Waals surface area contributed by atoms with Crippen LogP contribution in [0.3, 0.4) is 0 Å². The highest BCUT2D eigenvalue weighted by molar-refractivity contribution is 8.00. The van der Waals surface area contributed by atoms with Gasteiger partial charge in [-0.2, -0.15) is 9.97 Å². The molecule has 22 heteroatoms. The van der Waals surface area contributed by atoms with Crippen molar-refractivity contribution in [1.82, 2.24) is 20.3 Å². The number of nitrogens with one attached hydrogen (secondary N) is 2. The molecule has 1 aromatic heterocycles. The Balaban J connectivity index is 3.24. The van der Waals surface area contributed by atoms with Crippen LogP contribution < -0.4 is 5.32 Å². The van der Waals surface area contributed by atoms with E-state index in [2.05, 4.69) is 53.2 Å². The first-order valence-electron chi connectivity index (χ1n) is 15.5. The summed E-state index contributed by atoms with van der Waals surface area (Å²) in [7, 11) is 0. The van der Waals surface area contributed by atoms with Gasteiger partial charge < -0.3 is 48.6 Å². The topological polar surface area (TPSA) is 258 Å². The van der Waals surface area contributed by atoms with Gasteiger partial charge in [0.25, 0.3) is 0 Å². The number of ether oxygens (including phenoxy) is 7. The van der Waals surface area contributed by atoms with Crippen molar-refractivity contribution in [1.29, 1.82) is 0 Å². The van der Waals surface area contributed by atoms with Gasteiger partial charge in [-0.15, -0.1) is 0 Å². The van der Waals surface area contributed by atoms with Crippen molar-refractivity contribution in [3.05, 3.63) is 68.0 Å². The Morgan fingerprint density at radius 1 is 0.655 bits per heavy atom. The third-order valence-corrected chi connectivity index (χ3v) is 8.21. The molecule has 0 saturated heterocycles. The van der Waals surface area contributed by atoms with Crippen molar-refractivity contribution in [2.24, 2.45) is 10.8 Å². The number of thioether (sulfide) groups is 2. The Hall–Kier alpha value is -5.32.